The van der Waals surface area contributed by atoms with Crippen LogP contribution in [-0.2, 0) is 16.1 Å². The van der Waals surface area contributed by atoms with Crippen LogP contribution >= 0.6 is 11.6 Å². The predicted molar refractivity (Wildman–Crippen MR) is 126 cm³/mol. The Hall–Kier alpha value is -3.81. The molecule has 0 aliphatic rings. The fourth-order valence-electron chi connectivity index (χ4n) is 2.81. The monoisotopic (exact) mass is 486 g/mol. The van der Waals surface area contributed by atoms with E-state index in [1.165, 1.54) is 23.0 Å². The van der Waals surface area contributed by atoms with Gasteiger partial charge in [-0.1, -0.05) is 11.6 Å². The molecular formula is C23H27ClN6O4. The molecule has 1 aromatic heterocycles. The van der Waals surface area contributed by atoms with Crippen molar-refractivity contribution in [2.45, 2.75) is 13.0 Å². The van der Waals surface area contributed by atoms with E-state index in [9.17, 15) is 9.59 Å². The van der Waals surface area contributed by atoms with Crippen molar-refractivity contribution in [3.63, 3.8) is 0 Å². The number of nitrogens with one attached hydrogen (secondary N) is 2. The van der Waals surface area contributed by atoms with Gasteiger partial charge < -0.3 is 30.3 Å². The lowest BCUT2D eigenvalue weighted by Crippen LogP contribution is -2.41. The average molecular weight is 487 g/mol. The summed E-state index contributed by atoms with van der Waals surface area (Å²) in [4.78, 5) is 31.7. The highest BCUT2D eigenvalue weighted by molar-refractivity contribution is 6.30. The molecule has 0 aliphatic heterocycles. The molecule has 1 heterocycles. The highest BCUT2D eigenvalue weighted by Crippen LogP contribution is 2.13. The lowest BCUT2D eigenvalue weighted by Gasteiger charge is -2.26. The average Bonchev–Trinajstić information content (AvgIpc) is 2.86. The number of aliphatic hydroxyl groups is 1. The number of ether oxygens (including phenoxy) is 1. The van der Waals surface area contributed by atoms with Crippen molar-refractivity contribution in [1.29, 1.82) is 5.26 Å². The van der Waals surface area contributed by atoms with Crippen LogP contribution in [0.15, 0.2) is 54.1 Å². The van der Waals surface area contributed by atoms with Crippen LogP contribution in [0.5, 0.6) is 5.75 Å². The van der Waals surface area contributed by atoms with Gasteiger partial charge in [-0.15, -0.1) is 0 Å². The van der Waals surface area contributed by atoms with Crippen molar-refractivity contribution >= 4 is 23.9 Å². The number of carbonyl (C=O) groups is 2. The first-order valence-corrected chi connectivity index (χ1v) is 10.8. The predicted octanol–water partition coefficient (Wildman–Crippen LogP) is 1.42. The minimum absolute atomic E-state index is 0.0620. The van der Waals surface area contributed by atoms with Crippen LogP contribution < -0.4 is 15.4 Å². The smallest absolute Gasteiger partial charge is 0.273 e. The number of aliphatic hydroxyl groups excluding tert-OH is 1. The van der Waals surface area contributed by atoms with E-state index in [0.717, 1.165) is 0 Å². The Morgan fingerprint density at radius 2 is 1.97 bits per heavy atom. The highest BCUT2D eigenvalue weighted by Gasteiger charge is 2.22. The van der Waals surface area contributed by atoms with E-state index in [0.29, 0.717) is 41.4 Å². The standard InChI is InChI=1S/C23H27ClN6O4/c1-29(10-3-11-31)23(33)21(28-15-34-20-8-4-17(12-25)5-9-20)22(30(2)16-32)27-14-19-7-6-18(24)13-26-19/h4-9,13,16,27-28,31H,3,10-11,14-15H2,1-2H3/b22-21+. The maximum absolute atomic E-state index is 13.2. The molecule has 11 heteroatoms. The highest BCUT2D eigenvalue weighted by atomic mass is 35.5. The topological polar surface area (TPSA) is 131 Å². The number of pyridine rings is 1. The van der Waals surface area contributed by atoms with Gasteiger partial charge in [-0.25, -0.2) is 0 Å². The summed E-state index contributed by atoms with van der Waals surface area (Å²) in [6.07, 6.45) is 2.48. The van der Waals surface area contributed by atoms with Gasteiger partial charge >= 0.3 is 0 Å². The number of carbonyl (C=O) groups excluding carboxylic acids is 2. The fourth-order valence-corrected chi connectivity index (χ4v) is 2.92. The number of nitriles is 1. The summed E-state index contributed by atoms with van der Waals surface area (Å²) < 4.78 is 5.66. The minimum Gasteiger partial charge on any atom is -0.473 e. The SMILES string of the molecule is CN(CCCO)C(=O)/C(NCOc1ccc(C#N)cc1)=C(/NCc1ccc(Cl)cn1)N(C)C=O. The first-order valence-electron chi connectivity index (χ1n) is 10.4. The molecule has 0 saturated carbocycles. The number of aromatic nitrogens is 1. The number of hydrogen-bond acceptors (Lipinski definition) is 8. The second kappa shape index (κ2) is 13.7. The largest absolute Gasteiger partial charge is 0.473 e. The summed E-state index contributed by atoms with van der Waals surface area (Å²) >= 11 is 5.89. The van der Waals surface area contributed by atoms with E-state index in [2.05, 4.69) is 15.6 Å². The molecule has 0 unspecified atom stereocenters. The zero-order valence-corrected chi connectivity index (χ0v) is 19.7. The van der Waals surface area contributed by atoms with Crippen molar-refractivity contribution in [2.75, 3.05) is 34.0 Å². The van der Waals surface area contributed by atoms with Crippen LogP contribution in [0, 0.1) is 11.3 Å². The molecule has 3 N–H and O–H groups in total. The quantitative estimate of drug-likeness (QED) is 0.220. The second-order valence-corrected chi connectivity index (χ2v) is 7.60. The van der Waals surface area contributed by atoms with Gasteiger partial charge in [0.2, 0.25) is 6.41 Å². The van der Waals surface area contributed by atoms with Crippen molar-refractivity contribution < 1.29 is 19.4 Å². The summed E-state index contributed by atoms with van der Waals surface area (Å²) in [7, 11) is 3.11. The third-order valence-electron chi connectivity index (χ3n) is 4.66. The molecule has 0 radical (unpaired) electrons. The molecular weight excluding hydrogens is 460 g/mol. The van der Waals surface area contributed by atoms with Gasteiger partial charge in [0, 0.05) is 33.4 Å². The van der Waals surface area contributed by atoms with Crippen molar-refractivity contribution in [2.24, 2.45) is 0 Å². The molecule has 0 aliphatic carbocycles. The molecule has 1 aromatic carbocycles. The van der Waals surface area contributed by atoms with Crippen LogP contribution in [0.1, 0.15) is 17.7 Å². The normalized spacial score (nSPS) is 11.0. The lowest BCUT2D eigenvalue weighted by molar-refractivity contribution is -0.126. The Kier molecular flexibility index (Phi) is 10.6. The second-order valence-electron chi connectivity index (χ2n) is 7.17. The van der Waals surface area contributed by atoms with Crippen LogP contribution in [0.25, 0.3) is 0 Å². The molecule has 0 atom stereocenters. The number of amides is 2. The van der Waals surface area contributed by atoms with E-state index < -0.39 is 5.91 Å². The maximum Gasteiger partial charge on any atom is 0.273 e. The van der Waals surface area contributed by atoms with Crippen LogP contribution in [0.3, 0.4) is 0 Å². The van der Waals surface area contributed by atoms with Gasteiger partial charge in [-0.3, -0.25) is 14.6 Å². The van der Waals surface area contributed by atoms with Gasteiger partial charge in [0.05, 0.1) is 28.9 Å². The maximum atomic E-state index is 13.2. The van der Waals surface area contributed by atoms with Crippen molar-refractivity contribution in [3.05, 3.63) is 70.4 Å². The van der Waals surface area contributed by atoms with Gasteiger partial charge in [-0.2, -0.15) is 5.26 Å². The minimum atomic E-state index is -0.405. The first kappa shape index (κ1) is 26.4. The Labute approximate surface area is 203 Å². The van der Waals surface area contributed by atoms with Gasteiger partial charge in [-0.05, 0) is 42.8 Å². The summed E-state index contributed by atoms with van der Waals surface area (Å²) in [5.41, 5.74) is 1.24. The van der Waals surface area contributed by atoms with Crippen molar-refractivity contribution in [3.8, 4) is 11.8 Å². The zero-order valence-electron chi connectivity index (χ0n) is 19.0. The summed E-state index contributed by atoms with van der Waals surface area (Å²) in [5, 5.41) is 24.6. The molecule has 34 heavy (non-hydrogen) atoms. The first-order chi connectivity index (χ1) is 16.4. The molecule has 0 fully saturated rings. The van der Waals surface area contributed by atoms with E-state index in [4.69, 9.17) is 26.7 Å². The van der Waals surface area contributed by atoms with Crippen LogP contribution in [0.4, 0.5) is 0 Å². The van der Waals surface area contributed by atoms with E-state index in [1.54, 1.807) is 43.4 Å². The fraction of sp³-hybridized carbons (Fsp3) is 0.304. The molecule has 0 saturated heterocycles. The molecule has 10 nitrogen and oxygen atoms in total. The van der Waals surface area contributed by atoms with Crippen molar-refractivity contribution in [1.82, 2.24) is 25.4 Å². The van der Waals surface area contributed by atoms with Crippen LogP contribution in [-0.4, -0.2) is 66.2 Å². The Morgan fingerprint density at radius 3 is 2.56 bits per heavy atom. The van der Waals surface area contributed by atoms with Gasteiger partial charge in [0.1, 0.15) is 17.3 Å². The molecule has 180 valence electrons. The third kappa shape index (κ3) is 7.95. The van der Waals surface area contributed by atoms with E-state index in [1.807, 2.05) is 6.07 Å². The van der Waals surface area contributed by atoms with Gasteiger partial charge in [0.25, 0.3) is 5.91 Å². The van der Waals surface area contributed by atoms with Gasteiger partial charge in [0.15, 0.2) is 6.73 Å². The lowest BCUT2D eigenvalue weighted by atomic mass is 10.2. The Bertz CT molecular complexity index is 1020. The molecule has 2 aromatic rings. The number of nitrogens with zero attached hydrogens (tertiary/aromatic N) is 4. The van der Waals surface area contributed by atoms with E-state index >= 15 is 0 Å². The number of halogens is 1. The Balaban J connectivity index is 2.27. The summed E-state index contributed by atoms with van der Waals surface area (Å²) in [6, 6.07) is 12.0. The molecule has 0 spiro atoms. The summed E-state index contributed by atoms with van der Waals surface area (Å²) in [6.45, 7) is 0.388. The number of hydrogen-bond donors (Lipinski definition) is 3. The number of benzene rings is 1. The molecule has 2 amide bonds. The third-order valence-corrected chi connectivity index (χ3v) is 4.88. The Morgan fingerprint density at radius 1 is 1.24 bits per heavy atom. The van der Waals surface area contributed by atoms with Crippen LogP contribution in [0.2, 0.25) is 5.02 Å². The number of rotatable bonds is 13. The zero-order chi connectivity index (χ0) is 24.9. The molecule has 0 bridgehead atoms. The number of likely N-dealkylation sites (N-methyl/N-ethyl adjacent to an activating group) is 1. The summed E-state index contributed by atoms with van der Waals surface area (Å²) in [5.74, 6) is 0.309. The van der Waals surface area contributed by atoms with E-state index in [-0.39, 0.29) is 31.4 Å². The molecule has 2 rings (SSSR count).